The van der Waals surface area contributed by atoms with Gasteiger partial charge in [-0.05, 0) is 6.92 Å². The number of piperazine rings is 1. The molecule has 0 radical (unpaired) electrons. The fraction of sp³-hybridized carbons (Fsp3) is 0.692. The molecule has 7 heteroatoms. The maximum atomic E-state index is 12.1. The van der Waals surface area contributed by atoms with Gasteiger partial charge in [-0.3, -0.25) is 9.69 Å². The molecule has 20 heavy (non-hydrogen) atoms. The lowest BCUT2D eigenvalue weighted by Crippen LogP contribution is -2.56. The number of hydrogen-bond acceptors (Lipinski definition) is 5. The minimum absolute atomic E-state index is 0. The van der Waals surface area contributed by atoms with Crippen LogP contribution in [0.1, 0.15) is 11.5 Å². The number of hydrogen-bond donors (Lipinski definition) is 1. The Morgan fingerprint density at radius 3 is 2.60 bits per heavy atom. The van der Waals surface area contributed by atoms with Crippen LogP contribution in [0.15, 0.2) is 10.6 Å². The molecule has 0 unspecified atom stereocenters. The van der Waals surface area contributed by atoms with Crippen LogP contribution in [0.5, 0.6) is 0 Å². The zero-order chi connectivity index (χ0) is 13.2. The molecule has 6 nitrogen and oxygen atoms in total. The molecule has 0 saturated carbocycles. The summed E-state index contributed by atoms with van der Waals surface area (Å²) in [4.78, 5) is 16.4. The van der Waals surface area contributed by atoms with Crippen LogP contribution in [0.2, 0.25) is 0 Å². The molecule has 1 amide bonds. The molecule has 2 aliphatic rings. The van der Waals surface area contributed by atoms with Crippen molar-refractivity contribution in [2.24, 2.45) is 5.92 Å². The first-order chi connectivity index (χ1) is 9.22. The van der Waals surface area contributed by atoms with Gasteiger partial charge in [0.15, 0.2) is 5.76 Å². The van der Waals surface area contributed by atoms with Crippen molar-refractivity contribution in [3.8, 4) is 0 Å². The Kier molecular flexibility index (Phi) is 5.01. The Hall–Kier alpha value is -1.11. The maximum Gasteiger partial charge on any atom is 0.228 e. The Labute approximate surface area is 124 Å². The lowest BCUT2D eigenvalue weighted by atomic mass is 10.0. The van der Waals surface area contributed by atoms with Crippen molar-refractivity contribution in [1.82, 2.24) is 20.3 Å². The van der Waals surface area contributed by atoms with Gasteiger partial charge in [0.25, 0.3) is 0 Å². The normalized spacial score (nSPS) is 20.4. The molecule has 2 aliphatic heterocycles. The minimum atomic E-state index is 0. The smallest absolute Gasteiger partial charge is 0.228 e. The second kappa shape index (κ2) is 6.56. The summed E-state index contributed by atoms with van der Waals surface area (Å²) in [6.07, 6.45) is 0. The Bertz CT molecular complexity index is 453. The highest BCUT2D eigenvalue weighted by atomic mass is 35.5. The van der Waals surface area contributed by atoms with Gasteiger partial charge in [0, 0.05) is 45.3 Å². The van der Waals surface area contributed by atoms with Crippen molar-refractivity contribution < 1.29 is 9.32 Å². The largest absolute Gasteiger partial charge is 0.360 e. The van der Waals surface area contributed by atoms with Gasteiger partial charge in [-0.25, -0.2) is 0 Å². The minimum Gasteiger partial charge on any atom is -0.360 e. The number of rotatable bonds is 3. The van der Waals surface area contributed by atoms with Gasteiger partial charge in [0.2, 0.25) is 5.91 Å². The molecule has 1 aromatic rings. The van der Waals surface area contributed by atoms with E-state index < -0.39 is 0 Å². The van der Waals surface area contributed by atoms with Gasteiger partial charge in [-0.15, -0.1) is 12.4 Å². The topological polar surface area (TPSA) is 61.6 Å². The highest BCUT2D eigenvalue weighted by molar-refractivity contribution is 5.85. The molecule has 0 aliphatic carbocycles. The Balaban J connectivity index is 0.00000147. The highest BCUT2D eigenvalue weighted by Crippen LogP contribution is 2.13. The third-order valence-electron chi connectivity index (χ3n) is 3.87. The van der Waals surface area contributed by atoms with Crippen LogP contribution in [0.3, 0.4) is 0 Å². The first-order valence-electron chi connectivity index (χ1n) is 6.86. The van der Waals surface area contributed by atoms with Crippen LogP contribution >= 0.6 is 12.4 Å². The monoisotopic (exact) mass is 300 g/mol. The van der Waals surface area contributed by atoms with E-state index in [1.807, 2.05) is 17.9 Å². The lowest BCUT2D eigenvalue weighted by Gasteiger charge is -2.38. The lowest BCUT2D eigenvalue weighted by molar-refractivity contribution is -0.138. The summed E-state index contributed by atoms with van der Waals surface area (Å²) in [7, 11) is 0. The summed E-state index contributed by atoms with van der Waals surface area (Å²) in [6, 6.07) is 1.97. The van der Waals surface area contributed by atoms with E-state index in [2.05, 4.69) is 15.4 Å². The highest BCUT2D eigenvalue weighted by Gasteiger charge is 2.31. The molecule has 0 bridgehead atoms. The Morgan fingerprint density at radius 1 is 1.40 bits per heavy atom. The van der Waals surface area contributed by atoms with Crippen LogP contribution in [0.4, 0.5) is 0 Å². The summed E-state index contributed by atoms with van der Waals surface area (Å²) in [6.45, 7) is 7.86. The zero-order valence-electron chi connectivity index (χ0n) is 11.7. The number of amides is 1. The van der Waals surface area contributed by atoms with Crippen LogP contribution in [0, 0.1) is 12.8 Å². The molecule has 1 N–H and O–H groups in total. The zero-order valence-corrected chi connectivity index (χ0v) is 12.5. The van der Waals surface area contributed by atoms with Crippen molar-refractivity contribution in [2.75, 3.05) is 39.3 Å². The summed E-state index contributed by atoms with van der Waals surface area (Å²) in [5.41, 5.74) is 0.918. The van der Waals surface area contributed by atoms with Crippen molar-refractivity contribution in [2.45, 2.75) is 13.5 Å². The average molecular weight is 301 g/mol. The van der Waals surface area contributed by atoms with Crippen molar-refractivity contribution in [3.05, 3.63) is 17.5 Å². The summed E-state index contributed by atoms with van der Waals surface area (Å²) in [5, 5.41) is 7.04. The van der Waals surface area contributed by atoms with Crippen LogP contribution in [-0.2, 0) is 11.3 Å². The van der Waals surface area contributed by atoms with E-state index in [0.29, 0.717) is 5.91 Å². The quantitative estimate of drug-likeness (QED) is 0.868. The average Bonchev–Trinajstić information content (AvgIpc) is 2.73. The van der Waals surface area contributed by atoms with Crippen molar-refractivity contribution in [3.63, 3.8) is 0 Å². The predicted octanol–water partition coefficient (Wildman–Crippen LogP) is 0.268. The molecule has 0 aromatic carbocycles. The molecule has 1 aromatic heterocycles. The maximum absolute atomic E-state index is 12.1. The SMILES string of the molecule is Cc1cc(CN2CCN(C(=O)C3CNC3)CC2)on1.Cl. The fourth-order valence-corrected chi connectivity index (χ4v) is 2.56. The van der Waals surface area contributed by atoms with Crippen LogP contribution in [0.25, 0.3) is 0 Å². The van der Waals surface area contributed by atoms with Crippen LogP contribution < -0.4 is 5.32 Å². The molecule has 0 atom stereocenters. The van der Waals surface area contributed by atoms with Gasteiger partial charge in [-0.1, -0.05) is 5.16 Å². The molecule has 2 saturated heterocycles. The summed E-state index contributed by atoms with van der Waals surface area (Å²) < 4.78 is 5.23. The van der Waals surface area contributed by atoms with E-state index >= 15 is 0 Å². The third kappa shape index (κ3) is 3.31. The number of carbonyl (C=O) groups is 1. The van der Waals surface area contributed by atoms with Crippen LogP contribution in [-0.4, -0.2) is 60.1 Å². The van der Waals surface area contributed by atoms with Gasteiger partial charge in [0.05, 0.1) is 18.2 Å². The van der Waals surface area contributed by atoms with E-state index in [9.17, 15) is 4.79 Å². The molecular weight excluding hydrogens is 280 g/mol. The van der Waals surface area contributed by atoms with Crippen molar-refractivity contribution >= 4 is 18.3 Å². The van der Waals surface area contributed by atoms with Gasteiger partial charge >= 0.3 is 0 Å². The fourth-order valence-electron chi connectivity index (χ4n) is 2.56. The number of aromatic nitrogens is 1. The second-order valence-corrected chi connectivity index (χ2v) is 5.39. The van der Waals surface area contributed by atoms with E-state index in [0.717, 1.165) is 57.3 Å². The van der Waals surface area contributed by atoms with E-state index in [4.69, 9.17) is 4.52 Å². The Morgan fingerprint density at radius 2 is 2.10 bits per heavy atom. The van der Waals surface area contributed by atoms with E-state index in [-0.39, 0.29) is 18.3 Å². The number of halogens is 1. The standard InChI is InChI=1S/C13H20N4O2.ClH/c1-10-6-12(19-15-10)9-16-2-4-17(5-3-16)13(18)11-7-14-8-11;/h6,11,14H,2-5,7-9H2,1H3;1H. The number of nitrogens with zero attached hydrogens (tertiary/aromatic N) is 3. The first-order valence-corrected chi connectivity index (χ1v) is 6.86. The van der Waals surface area contributed by atoms with Gasteiger partial charge in [0.1, 0.15) is 0 Å². The summed E-state index contributed by atoms with van der Waals surface area (Å²) in [5.74, 6) is 1.43. The summed E-state index contributed by atoms with van der Waals surface area (Å²) >= 11 is 0. The molecule has 0 spiro atoms. The van der Waals surface area contributed by atoms with E-state index in [1.165, 1.54) is 0 Å². The number of nitrogens with one attached hydrogen (secondary N) is 1. The predicted molar refractivity (Wildman–Crippen MR) is 76.7 cm³/mol. The second-order valence-electron chi connectivity index (χ2n) is 5.39. The molecule has 2 fully saturated rings. The molecule has 3 rings (SSSR count). The number of carbonyl (C=O) groups excluding carboxylic acids is 1. The third-order valence-corrected chi connectivity index (χ3v) is 3.87. The van der Waals surface area contributed by atoms with Crippen molar-refractivity contribution in [1.29, 1.82) is 0 Å². The van der Waals surface area contributed by atoms with Gasteiger partial charge < -0.3 is 14.7 Å². The first kappa shape index (κ1) is 15.3. The molecule has 112 valence electrons. The van der Waals surface area contributed by atoms with E-state index in [1.54, 1.807) is 0 Å². The van der Waals surface area contributed by atoms with Gasteiger partial charge in [-0.2, -0.15) is 0 Å². The molecular formula is C13H21ClN4O2. The number of aryl methyl sites for hydroxylation is 1. The molecule has 3 heterocycles.